The molecule has 0 aromatic carbocycles. The summed E-state index contributed by atoms with van der Waals surface area (Å²) in [6, 6.07) is -3.60. The van der Waals surface area contributed by atoms with Gasteiger partial charge in [0.1, 0.15) is 18.1 Å². The Morgan fingerprint density at radius 2 is 1.58 bits per heavy atom. The van der Waals surface area contributed by atoms with Crippen molar-refractivity contribution in [2.24, 2.45) is 11.7 Å². The van der Waals surface area contributed by atoms with E-state index in [1.54, 1.807) is 0 Å². The zero-order valence-electron chi connectivity index (χ0n) is 18.0. The van der Waals surface area contributed by atoms with E-state index in [0.29, 0.717) is 38.8 Å². The summed E-state index contributed by atoms with van der Waals surface area (Å²) in [6.45, 7) is 4.42. The first kappa shape index (κ1) is 24.6. The van der Waals surface area contributed by atoms with E-state index in [1.807, 2.05) is 13.8 Å². The van der Waals surface area contributed by atoms with Gasteiger partial charge in [-0.3, -0.25) is 19.2 Å². The molecule has 2 rings (SSSR count). The van der Waals surface area contributed by atoms with Crippen LogP contribution in [0.3, 0.4) is 0 Å². The number of carbonyl (C=O) groups excluding carboxylic acids is 3. The van der Waals surface area contributed by atoms with Gasteiger partial charge in [-0.05, 0) is 38.0 Å². The van der Waals surface area contributed by atoms with Crippen molar-refractivity contribution in [1.29, 1.82) is 0 Å². The van der Waals surface area contributed by atoms with Crippen LogP contribution in [0.25, 0.3) is 0 Å². The Hall–Kier alpha value is -2.69. The molecule has 4 atom stereocenters. The highest BCUT2D eigenvalue weighted by Gasteiger charge is 2.43. The second kappa shape index (κ2) is 10.6. The van der Waals surface area contributed by atoms with Gasteiger partial charge < -0.3 is 31.1 Å². The van der Waals surface area contributed by atoms with E-state index in [4.69, 9.17) is 10.8 Å². The number of nitrogens with two attached hydrogens (primary N) is 1. The van der Waals surface area contributed by atoms with Crippen LogP contribution in [0.4, 0.5) is 0 Å². The number of amides is 3. The van der Waals surface area contributed by atoms with Crippen LogP contribution < -0.4 is 11.1 Å². The van der Waals surface area contributed by atoms with Crippen molar-refractivity contribution in [3.63, 3.8) is 0 Å². The molecular formula is C20H32N4O7. The van der Waals surface area contributed by atoms with Crippen molar-refractivity contribution in [1.82, 2.24) is 15.1 Å². The average molecular weight is 440 g/mol. The molecule has 2 aliphatic heterocycles. The molecule has 11 nitrogen and oxygen atoms in total. The second-order valence-electron chi connectivity index (χ2n) is 8.48. The van der Waals surface area contributed by atoms with E-state index in [9.17, 15) is 29.1 Å². The van der Waals surface area contributed by atoms with Gasteiger partial charge in [0.25, 0.3) is 0 Å². The number of carboxylic acid groups (broad SMARTS) is 2. The van der Waals surface area contributed by atoms with Gasteiger partial charge in [0.2, 0.25) is 17.7 Å². The summed E-state index contributed by atoms with van der Waals surface area (Å²) < 4.78 is 0. The van der Waals surface area contributed by atoms with Crippen LogP contribution in [0.15, 0.2) is 0 Å². The van der Waals surface area contributed by atoms with E-state index in [0.717, 1.165) is 0 Å². The molecule has 0 saturated carbocycles. The van der Waals surface area contributed by atoms with Crippen LogP contribution in [0.1, 0.15) is 52.4 Å². The molecule has 0 aromatic rings. The number of carboxylic acids is 2. The standard InChI is InChI=1S/C20H32N4O7/c1-11(2)16(21)19(29)24-10-4-6-14(24)18(28)23-9-3-5-13(23)17(27)22-12(20(30)31)7-8-15(25)26/h11-14,16H,3-10,21H2,1-2H3,(H,22,27)(H,25,26)(H,30,31)/t12-,13-,14-,16-/m0/s1. The molecule has 0 unspecified atom stereocenters. The highest BCUT2D eigenvalue weighted by Crippen LogP contribution is 2.26. The van der Waals surface area contributed by atoms with Crippen molar-refractivity contribution in [2.45, 2.75) is 76.5 Å². The Morgan fingerprint density at radius 1 is 1.00 bits per heavy atom. The lowest BCUT2D eigenvalue weighted by Crippen LogP contribution is -2.56. The largest absolute Gasteiger partial charge is 0.481 e. The molecular weight excluding hydrogens is 408 g/mol. The number of carbonyl (C=O) groups is 5. The normalized spacial score (nSPS) is 23.0. The van der Waals surface area contributed by atoms with Gasteiger partial charge in [-0.2, -0.15) is 0 Å². The number of likely N-dealkylation sites (tertiary alicyclic amines) is 2. The average Bonchev–Trinajstić information content (AvgIpc) is 3.38. The third-order valence-electron chi connectivity index (χ3n) is 5.92. The molecule has 2 fully saturated rings. The molecule has 2 heterocycles. The van der Waals surface area contributed by atoms with Crippen LogP contribution in [-0.2, 0) is 24.0 Å². The third-order valence-corrected chi connectivity index (χ3v) is 5.92. The van der Waals surface area contributed by atoms with Gasteiger partial charge in [-0.25, -0.2) is 4.79 Å². The topological polar surface area (TPSA) is 170 Å². The monoisotopic (exact) mass is 440 g/mol. The molecule has 0 bridgehead atoms. The molecule has 11 heteroatoms. The van der Waals surface area contributed by atoms with E-state index in [1.165, 1.54) is 9.80 Å². The van der Waals surface area contributed by atoms with Gasteiger partial charge in [0.05, 0.1) is 6.04 Å². The molecule has 31 heavy (non-hydrogen) atoms. The molecule has 0 spiro atoms. The van der Waals surface area contributed by atoms with E-state index >= 15 is 0 Å². The minimum atomic E-state index is -1.35. The number of nitrogens with zero attached hydrogens (tertiary/aromatic N) is 2. The van der Waals surface area contributed by atoms with Gasteiger partial charge in [0, 0.05) is 19.5 Å². The van der Waals surface area contributed by atoms with Crippen LogP contribution in [0.5, 0.6) is 0 Å². The minimum Gasteiger partial charge on any atom is -0.481 e. The smallest absolute Gasteiger partial charge is 0.326 e. The SMILES string of the molecule is CC(C)[C@H](N)C(=O)N1CCC[C@H]1C(=O)N1CCC[C@H]1C(=O)N[C@@H](CCC(=O)O)C(=O)O. The predicted molar refractivity (Wildman–Crippen MR) is 109 cm³/mol. The number of hydrogen-bond donors (Lipinski definition) is 4. The number of hydrogen-bond acceptors (Lipinski definition) is 6. The summed E-state index contributed by atoms with van der Waals surface area (Å²) in [4.78, 5) is 63.7. The third kappa shape index (κ3) is 5.93. The fourth-order valence-electron chi connectivity index (χ4n) is 4.05. The zero-order chi connectivity index (χ0) is 23.3. The number of aliphatic carboxylic acids is 2. The molecule has 5 N–H and O–H groups in total. The summed E-state index contributed by atoms with van der Waals surface area (Å²) in [6.07, 6.45) is 1.43. The lowest BCUT2D eigenvalue weighted by molar-refractivity contribution is -0.148. The van der Waals surface area contributed by atoms with Crippen molar-refractivity contribution in [3.05, 3.63) is 0 Å². The van der Waals surface area contributed by atoms with Crippen LogP contribution in [0.2, 0.25) is 0 Å². The summed E-state index contributed by atoms with van der Waals surface area (Å²) in [5.41, 5.74) is 5.99. The first-order chi connectivity index (χ1) is 14.5. The summed E-state index contributed by atoms with van der Waals surface area (Å²) in [5, 5.41) is 20.4. The Labute approximate surface area is 180 Å². The molecule has 0 aliphatic carbocycles. The lowest BCUT2D eigenvalue weighted by Gasteiger charge is -2.33. The minimum absolute atomic E-state index is 0.0760. The number of rotatable bonds is 9. The zero-order valence-corrected chi connectivity index (χ0v) is 18.0. The van der Waals surface area contributed by atoms with E-state index < -0.39 is 48.4 Å². The Morgan fingerprint density at radius 3 is 2.13 bits per heavy atom. The molecule has 3 amide bonds. The van der Waals surface area contributed by atoms with Gasteiger partial charge in [0.15, 0.2) is 0 Å². The van der Waals surface area contributed by atoms with Crippen LogP contribution in [-0.4, -0.2) is 86.9 Å². The highest BCUT2D eigenvalue weighted by atomic mass is 16.4. The van der Waals surface area contributed by atoms with Crippen molar-refractivity contribution in [2.75, 3.05) is 13.1 Å². The first-order valence-electron chi connectivity index (χ1n) is 10.7. The lowest BCUT2D eigenvalue weighted by atomic mass is 10.0. The Kier molecular flexibility index (Phi) is 8.37. The van der Waals surface area contributed by atoms with Crippen LogP contribution >= 0.6 is 0 Å². The van der Waals surface area contributed by atoms with Crippen molar-refractivity contribution in [3.8, 4) is 0 Å². The van der Waals surface area contributed by atoms with E-state index in [-0.39, 0.29) is 24.2 Å². The Balaban J connectivity index is 2.08. The Bertz CT molecular complexity index is 726. The number of nitrogens with one attached hydrogen (secondary N) is 1. The van der Waals surface area contributed by atoms with Crippen molar-refractivity contribution < 1.29 is 34.2 Å². The molecule has 2 aliphatic rings. The maximum atomic E-state index is 13.2. The van der Waals surface area contributed by atoms with Gasteiger partial charge in [-0.1, -0.05) is 13.8 Å². The quantitative estimate of drug-likeness (QED) is 0.368. The fourth-order valence-corrected chi connectivity index (χ4v) is 4.05. The maximum Gasteiger partial charge on any atom is 0.326 e. The summed E-state index contributed by atoms with van der Waals surface area (Å²) >= 11 is 0. The van der Waals surface area contributed by atoms with Gasteiger partial charge >= 0.3 is 11.9 Å². The fraction of sp³-hybridized carbons (Fsp3) is 0.750. The molecule has 2 saturated heterocycles. The first-order valence-corrected chi connectivity index (χ1v) is 10.7. The second-order valence-corrected chi connectivity index (χ2v) is 8.48. The van der Waals surface area contributed by atoms with Gasteiger partial charge in [-0.15, -0.1) is 0 Å². The van der Waals surface area contributed by atoms with E-state index in [2.05, 4.69) is 5.32 Å². The molecule has 0 aromatic heterocycles. The van der Waals surface area contributed by atoms with Crippen LogP contribution in [0, 0.1) is 5.92 Å². The van der Waals surface area contributed by atoms with Crippen molar-refractivity contribution >= 4 is 29.7 Å². The summed E-state index contributed by atoms with van der Waals surface area (Å²) in [7, 11) is 0. The summed E-state index contributed by atoms with van der Waals surface area (Å²) in [5.74, 6) is -3.82. The highest BCUT2D eigenvalue weighted by molar-refractivity contribution is 5.95. The molecule has 174 valence electrons. The predicted octanol–water partition coefficient (Wildman–Crippen LogP) is -0.614. The molecule has 0 radical (unpaired) electrons. The maximum absolute atomic E-state index is 13.2.